The molecular weight excluding hydrogens is 228 g/mol. The predicted octanol–water partition coefficient (Wildman–Crippen LogP) is 1.69. The van der Waals surface area contributed by atoms with Gasteiger partial charge in [0.05, 0.1) is 12.6 Å². The van der Waals surface area contributed by atoms with Gasteiger partial charge in [-0.1, -0.05) is 6.42 Å². The number of carbonyl (C=O) groups excluding carboxylic acids is 2. The van der Waals surface area contributed by atoms with Crippen LogP contribution in [0.1, 0.15) is 47.0 Å². The van der Waals surface area contributed by atoms with Crippen LogP contribution in [0.25, 0.3) is 0 Å². The second-order valence-electron chi connectivity index (χ2n) is 5.66. The molecule has 0 radical (unpaired) electrons. The Hall–Kier alpha value is -0.900. The lowest BCUT2D eigenvalue weighted by atomic mass is 10.0. The van der Waals surface area contributed by atoms with E-state index in [1.54, 1.807) is 0 Å². The first-order valence-corrected chi connectivity index (χ1v) is 6.98. The number of likely N-dealkylation sites (tertiary alicyclic amines) is 1. The third kappa shape index (κ3) is 3.80. The molecule has 1 aliphatic rings. The van der Waals surface area contributed by atoms with Gasteiger partial charge in [0.25, 0.3) is 0 Å². The van der Waals surface area contributed by atoms with Gasteiger partial charge in [-0.15, -0.1) is 0 Å². The molecule has 0 N–H and O–H groups in total. The average Bonchev–Trinajstić information content (AvgIpc) is 2.28. The van der Waals surface area contributed by atoms with Gasteiger partial charge in [-0.25, -0.2) is 0 Å². The molecule has 0 spiro atoms. The van der Waals surface area contributed by atoms with Crippen molar-refractivity contribution in [2.24, 2.45) is 0 Å². The first-order valence-electron chi connectivity index (χ1n) is 6.98. The van der Waals surface area contributed by atoms with E-state index in [9.17, 15) is 9.59 Å². The highest BCUT2D eigenvalue weighted by molar-refractivity contribution is 5.79. The van der Waals surface area contributed by atoms with Crippen molar-refractivity contribution in [2.75, 3.05) is 13.1 Å². The summed E-state index contributed by atoms with van der Waals surface area (Å²) in [4.78, 5) is 27.3. The SMILES string of the molecule is CC(C)N(C(=O)CN1CCCCC1C=O)C(C)C. The number of carbonyl (C=O) groups is 2. The Balaban J connectivity index is 2.64. The minimum atomic E-state index is -0.0659. The Kier molecular flexibility index (Phi) is 5.79. The van der Waals surface area contributed by atoms with Crippen LogP contribution in [0.15, 0.2) is 0 Å². The standard InChI is InChI=1S/C14H26N2O2/c1-11(2)16(12(3)4)14(18)9-15-8-6-5-7-13(15)10-17/h10-13H,5-9H2,1-4H3. The van der Waals surface area contributed by atoms with Crippen molar-refractivity contribution in [3.63, 3.8) is 0 Å². The maximum Gasteiger partial charge on any atom is 0.237 e. The molecule has 1 atom stereocenters. The summed E-state index contributed by atoms with van der Waals surface area (Å²) in [5, 5.41) is 0. The van der Waals surface area contributed by atoms with Crippen molar-refractivity contribution >= 4 is 12.2 Å². The Morgan fingerprint density at radius 2 is 1.89 bits per heavy atom. The van der Waals surface area contributed by atoms with Crippen LogP contribution in [0.3, 0.4) is 0 Å². The first kappa shape index (κ1) is 15.2. The fourth-order valence-electron chi connectivity index (χ4n) is 2.79. The van der Waals surface area contributed by atoms with Crippen LogP contribution in [0.5, 0.6) is 0 Å². The summed E-state index contributed by atoms with van der Waals surface area (Å²) < 4.78 is 0. The quantitative estimate of drug-likeness (QED) is 0.701. The number of hydrogen-bond donors (Lipinski definition) is 0. The molecule has 1 saturated heterocycles. The van der Waals surface area contributed by atoms with Gasteiger partial charge in [-0.3, -0.25) is 9.69 Å². The molecular formula is C14H26N2O2. The lowest BCUT2D eigenvalue weighted by Crippen LogP contribution is -2.50. The van der Waals surface area contributed by atoms with Crippen molar-refractivity contribution in [3.05, 3.63) is 0 Å². The second-order valence-corrected chi connectivity index (χ2v) is 5.66. The summed E-state index contributed by atoms with van der Waals surface area (Å²) >= 11 is 0. The number of aldehydes is 1. The zero-order valence-electron chi connectivity index (χ0n) is 12.1. The maximum absolute atomic E-state index is 12.3. The summed E-state index contributed by atoms with van der Waals surface area (Å²) in [6.45, 7) is 9.37. The van der Waals surface area contributed by atoms with Gasteiger partial charge < -0.3 is 9.69 Å². The third-order valence-electron chi connectivity index (χ3n) is 3.56. The van der Waals surface area contributed by atoms with Gasteiger partial charge in [0.1, 0.15) is 6.29 Å². The minimum Gasteiger partial charge on any atom is -0.337 e. The predicted molar refractivity (Wildman–Crippen MR) is 72.4 cm³/mol. The molecule has 0 saturated carbocycles. The van der Waals surface area contributed by atoms with Crippen LogP contribution in [0, 0.1) is 0 Å². The number of piperidine rings is 1. The molecule has 0 aliphatic carbocycles. The lowest BCUT2D eigenvalue weighted by molar-refractivity contribution is -0.137. The molecule has 0 aromatic rings. The van der Waals surface area contributed by atoms with Crippen molar-refractivity contribution in [1.82, 2.24) is 9.80 Å². The van der Waals surface area contributed by atoms with Crippen molar-refractivity contribution < 1.29 is 9.59 Å². The monoisotopic (exact) mass is 254 g/mol. The van der Waals surface area contributed by atoms with Crippen molar-refractivity contribution in [3.8, 4) is 0 Å². The van der Waals surface area contributed by atoms with Gasteiger partial charge in [-0.2, -0.15) is 0 Å². The molecule has 0 bridgehead atoms. The van der Waals surface area contributed by atoms with E-state index in [0.717, 1.165) is 32.1 Å². The zero-order chi connectivity index (χ0) is 13.7. The van der Waals surface area contributed by atoms with E-state index in [0.29, 0.717) is 6.54 Å². The van der Waals surface area contributed by atoms with Gasteiger partial charge >= 0.3 is 0 Å². The molecule has 1 heterocycles. The van der Waals surface area contributed by atoms with Gasteiger partial charge in [0.15, 0.2) is 0 Å². The minimum absolute atomic E-state index is 0.0659. The molecule has 1 fully saturated rings. The summed E-state index contributed by atoms with van der Waals surface area (Å²) in [7, 11) is 0. The van der Waals surface area contributed by atoms with E-state index in [1.807, 2.05) is 37.5 Å². The summed E-state index contributed by atoms with van der Waals surface area (Å²) in [6, 6.07) is 0.345. The highest BCUT2D eigenvalue weighted by Crippen LogP contribution is 2.16. The fourth-order valence-corrected chi connectivity index (χ4v) is 2.79. The third-order valence-corrected chi connectivity index (χ3v) is 3.56. The van der Waals surface area contributed by atoms with E-state index in [2.05, 4.69) is 0 Å². The average molecular weight is 254 g/mol. The molecule has 0 aromatic carbocycles. The topological polar surface area (TPSA) is 40.6 Å². The largest absolute Gasteiger partial charge is 0.337 e. The smallest absolute Gasteiger partial charge is 0.237 e. The van der Waals surface area contributed by atoms with E-state index >= 15 is 0 Å². The summed E-state index contributed by atoms with van der Waals surface area (Å²) in [5.74, 6) is 0.133. The molecule has 18 heavy (non-hydrogen) atoms. The summed E-state index contributed by atoms with van der Waals surface area (Å²) in [5.41, 5.74) is 0. The number of nitrogens with zero attached hydrogens (tertiary/aromatic N) is 2. The molecule has 1 aliphatic heterocycles. The first-order chi connectivity index (χ1) is 8.47. The van der Waals surface area contributed by atoms with Crippen molar-refractivity contribution in [2.45, 2.75) is 65.1 Å². The Labute approximate surface area is 110 Å². The van der Waals surface area contributed by atoms with E-state index in [4.69, 9.17) is 0 Å². The van der Waals surface area contributed by atoms with E-state index in [1.165, 1.54) is 0 Å². The normalized spacial score (nSPS) is 21.3. The van der Waals surface area contributed by atoms with Gasteiger partial charge in [-0.05, 0) is 47.1 Å². The van der Waals surface area contributed by atoms with Crippen LogP contribution in [-0.4, -0.2) is 53.2 Å². The fraction of sp³-hybridized carbons (Fsp3) is 0.857. The zero-order valence-corrected chi connectivity index (χ0v) is 12.1. The van der Waals surface area contributed by atoms with E-state index in [-0.39, 0.29) is 24.0 Å². The van der Waals surface area contributed by atoms with Crippen LogP contribution < -0.4 is 0 Å². The Morgan fingerprint density at radius 1 is 1.28 bits per heavy atom. The Bertz CT molecular complexity index is 282. The highest BCUT2D eigenvalue weighted by atomic mass is 16.2. The molecule has 4 heteroatoms. The molecule has 104 valence electrons. The lowest BCUT2D eigenvalue weighted by Gasteiger charge is -2.36. The molecule has 0 aromatic heterocycles. The van der Waals surface area contributed by atoms with Crippen LogP contribution in [0.4, 0.5) is 0 Å². The van der Waals surface area contributed by atoms with Crippen LogP contribution in [0.2, 0.25) is 0 Å². The number of amides is 1. The second kappa shape index (κ2) is 6.88. The molecule has 1 amide bonds. The summed E-state index contributed by atoms with van der Waals surface area (Å²) in [6.07, 6.45) is 4.05. The Morgan fingerprint density at radius 3 is 2.39 bits per heavy atom. The van der Waals surface area contributed by atoms with Crippen LogP contribution in [-0.2, 0) is 9.59 Å². The van der Waals surface area contributed by atoms with E-state index < -0.39 is 0 Å². The van der Waals surface area contributed by atoms with Crippen molar-refractivity contribution in [1.29, 1.82) is 0 Å². The molecule has 1 rings (SSSR count). The molecule has 4 nitrogen and oxygen atoms in total. The number of hydrogen-bond acceptors (Lipinski definition) is 3. The highest BCUT2D eigenvalue weighted by Gasteiger charge is 2.27. The molecule has 1 unspecified atom stereocenters. The van der Waals surface area contributed by atoms with Gasteiger partial charge in [0, 0.05) is 12.1 Å². The maximum atomic E-state index is 12.3. The van der Waals surface area contributed by atoms with Crippen LogP contribution >= 0.6 is 0 Å². The van der Waals surface area contributed by atoms with Gasteiger partial charge in [0.2, 0.25) is 5.91 Å². The number of rotatable bonds is 5.